The number of ether oxygens (including phenoxy) is 2. The van der Waals surface area contributed by atoms with Gasteiger partial charge in [0, 0.05) is 6.61 Å². The highest BCUT2D eigenvalue weighted by molar-refractivity contribution is 5.29. The average Bonchev–Trinajstić information content (AvgIpc) is 2.37. The van der Waals surface area contributed by atoms with Gasteiger partial charge < -0.3 is 15.2 Å². The van der Waals surface area contributed by atoms with Gasteiger partial charge in [0.1, 0.15) is 5.75 Å². The highest BCUT2D eigenvalue weighted by Gasteiger charge is 2.05. The van der Waals surface area contributed by atoms with Crippen LogP contribution in [0.4, 0.5) is 0 Å². The van der Waals surface area contributed by atoms with E-state index in [9.17, 15) is 0 Å². The van der Waals surface area contributed by atoms with E-state index in [1.165, 1.54) is 0 Å². The maximum atomic E-state index is 6.02. The first-order chi connectivity index (χ1) is 8.27. The van der Waals surface area contributed by atoms with E-state index in [1.807, 2.05) is 24.3 Å². The lowest BCUT2D eigenvalue weighted by Gasteiger charge is -2.13. The van der Waals surface area contributed by atoms with Gasteiger partial charge in [0.2, 0.25) is 0 Å². The zero-order valence-electron chi connectivity index (χ0n) is 10.8. The van der Waals surface area contributed by atoms with Crippen LogP contribution in [-0.2, 0) is 4.74 Å². The molecule has 17 heavy (non-hydrogen) atoms. The fourth-order valence-corrected chi connectivity index (χ4v) is 1.48. The van der Waals surface area contributed by atoms with Crippen LogP contribution in [0.15, 0.2) is 24.3 Å². The Balaban J connectivity index is 2.43. The summed E-state index contributed by atoms with van der Waals surface area (Å²) >= 11 is 0. The minimum absolute atomic E-state index is 0.0539. The molecule has 1 atom stereocenters. The smallest absolute Gasteiger partial charge is 0.119 e. The molecule has 0 bridgehead atoms. The van der Waals surface area contributed by atoms with Gasteiger partial charge >= 0.3 is 0 Å². The summed E-state index contributed by atoms with van der Waals surface area (Å²) in [7, 11) is 0. The Morgan fingerprint density at radius 2 is 1.71 bits per heavy atom. The first-order valence-electron chi connectivity index (χ1n) is 6.34. The lowest BCUT2D eigenvalue weighted by molar-refractivity contribution is 0.121. The summed E-state index contributed by atoms with van der Waals surface area (Å²) in [5.74, 6) is 0.900. The minimum Gasteiger partial charge on any atom is -0.494 e. The molecule has 2 N–H and O–H groups in total. The monoisotopic (exact) mass is 237 g/mol. The summed E-state index contributed by atoms with van der Waals surface area (Å²) in [4.78, 5) is 0. The van der Waals surface area contributed by atoms with Gasteiger partial charge in [0.25, 0.3) is 0 Å². The maximum Gasteiger partial charge on any atom is 0.119 e. The summed E-state index contributed by atoms with van der Waals surface area (Å²) in [5.41, 5.74) is 7.11. The van der Waals surface area contributed by atoms with Crippen molar-refractivity contribution in [3.63, 3.8) is 0 Å². The largest absolute Gasteiger partial charge is 0.494 e. The molecule has 0 saturated heterocycles. The van der Waals surface area contributed by atoms with Crippen LogP contribution in [0.1, 0.15) is 38.3 Å². The van der Waals surface area contributed by atoms with E-state index in [0.29, 0.717) is 6.61 Å². The topological polar surface area (TPSA) is 44.5 Å². The molecule has 0 radical (unpaired) electrons. The van der Waals surface area contributed by atoms with Crippen molar-refractivity contribution in [2.45, 2.75) is 32.7 Å². The standard InChI is InChI=1S/C14H23NO2/c1-3-9-16-11-14(15)12-5-7-13(8-6-12)17-10-4-2/h5-8,14H,3-4,9-11,15H2,1-2H3. The van der Waals surface area contributed by atoms with Crippen LogP contribution < -0.4 is 10.5 Å². The van der Waals surface area contributed by atoms with Crippen molar-refractivity contribution in [2.24, 2.45) is 5.73 Å². The van der Waals surface area contributed by atoms with Gasteiger partial charge in [-0.05, 0) is 30.5 Å². The second kappa shape index (κ2) is 8.09. The third kappa shape index (κ3) is 5.20. The van der Waals surface area contributed by atoms with E-state index in [2.05, 4.69) is 13.8 Å². The molecule has 1 aromatic carbocycles. The Bertz CT molecular complexity index is 298. The van der Waals surface area contributed by atoms with Crippen LogP contribution in [0.2, 0.25) is 0 Å². The Kier molecular flexibility index (Phi) is 6.67. The number of rotatable bonds is 8. The van der Waals surface area contributed by atoms with Gasteiger partial charge in [-0.2, -0.15) is 0 Å². The van der Waals surface area contributed by atoms with Gasteiger partial charge in [0.15, 0.2) is 0 Å². The Morgan fingerprint density at radius 1 is 1.06 bits per heavy atom. The molecule has 3 nitrogen and oxygen atoms in total. The van der Waals surface area contributed by atoms with Gasteiger partial charge in [-0.25, -0.2) is 0 Å². The SMILES string of the molecule is CCCOCC(N)c1ccc(OCCC)cc1. The summed E-state index contributed by atoms with van der Waals surface area (Å²) in [6, 6.07) is 7.88. The van der Waals surface area contributed by atoms with Gasteiger partial charge in [-0.3, -0.25) is 0 Å². The number of nitrogens with two attached hydrogens (primary N) is 1. The number of hydrogen-bond donors (Lipinski definition) is 1. The Morgan fingerprint density at radius 3 is 2.29 bits per heavy atom. The van der Waals surface area contributed by atoms with Crippen molar-refractivity contribution in [2.75, 3.05) is 19.8 Å². The second-order valence-electron chi connectivity index (χ2n) is 4.10. The fourth-order valence-electron chi connectivity index (χ4n) is 1.48. The van der Waals surface area contributed by atoms with E-state index >= 15 is 0 Å². The van der Waals surface area contributed by atoms with Crippen LogP contribution in [0, 0.1) is 0 Å². The molecule has 0 aliphatic heterocycles. The van der Waals surface area contributed by atoms with E-state index in [4.69, 9.17) is 15.2 Å². The van der Waals surface area contributed by atoms with E-state index in [-0.39, 0.29) is 6.04 Å². The van der Waals surface area contributed by atoms with Crippen LogP contribution in [0.3, 0.4) is 0 Å². The molecule has 0 spiro atoms. The number of benzene rings is 1. The van der Waals surface area contributed by atoms with Crippen molar-refractivity contribution in [3.8, 4) is 5.75 Å². The van der Waals surface area contributed by atoms with E-state index < -0.39 is 0 Å². The highest BCUT2D eigenvalue weighted by atomic mass is 16.5. The summed E-state index contributed by atoms with van der Waals surface area (Å²) in [5, 5.41) is 0. The molecule has 1 unspecified atom stereocenters. The van der Waals surface area contributed by atoms with Gasteiger partial charge in [-0.1, -0.05) is 26.0 Å². The van der Waals surface area contributed by atoms with Crippen molar-refractivity contribution in [1.29, 1.82) is 0 Å². The lowest BCUT2D eigenvalue weighted by atomic mass is 10.1. The van der Waals surface area contributed by atoms with Crippen molar-refractivity contribution < 1.29 is 9.47 Å². The fraction of sp³-hybridized carbons (Fsp3) is 0.571. The molecule has 96 valence electrons. The maximum absolute atomic E-state index is 6.02. The molecule has 0 aliphatic carbocycles. The predicted octanol–water partition coefficient (Wildman–Crippen LogP) is 2.90. The predicted molar refractivity (Wildman–Crippen MR) is 70.3 cm³/mol. The molecule has 0 fully saturated rings. The van der Waals surface area contributed by atoms with E-state index in [1.54, 1.807) is 0 Å². The van der Waals surface area contributed by atoms with Crippen LogP contribution in [0.25, 0.3) is 0 Å². The van der Waals surface area contributed by atoms with Crippen molar-refractivity contribution >= 4 is 0 Å². The molecule has 1 rings (SSSR count). The molecular formula is C14H23NO2. The van der Waals surface area contributed by atoms with Crippen molar-refractivity contribution in [3.05, 3.63) is 29.8 Å². The van der Waals surface area contributed by atoms with Gasteiger partial charge in [0.05, 0.1) is 19.3 Å². The zero-order valence-corrected chi connectivity index (χ0v) is 10.8. The highest BCUT2D eigenvalue weighted by Crippen LogP contribution is 2.16. The molecule has 0 saturated carbocycles. The molecule has 0 heterocycles. The number of hydrogen-bond acceptors (Lipinski definition) is 3. The van der Waals surface area contributed by atoms with Crippen LogP contribution >= 0.6 is 0 Å². The van der Waals surface area contributed by atoms with Crippen molar-refractivity contribution in [1.82, 2.24) is 0 Å². The lowest BCUT2D eigenvalue weighted by Crippen LogP contribution is -2.17. The van der Waals surface area contributed by atoms with Crippen LogP contribution in [0.5, 0.6) is 5.75 Å². The third-order valence-electron chi connectivity index (χ3n) is 2.43. The minimum atomic E-state index is -0.0539. The normalized spacial score (nSPS) is 12.4. The zero-order chi connectivity index (χ0) is 12.5. The molecule has 0 amide bonds. The van der Waals surface area contributed by atoms with Crippen LogP contribution in [-0.4, -0.2) is 19.8 Å². The Labute approximate surface area is 104 Å². The molecular weight excluding hydrogens is 214 g/mol. The third-order valence-corrected chi connectivity index (χ3v) is 2.43. The first kappa shape index (κ1) is 14.0. The van der Waals surface area contributed by atoms with E-state index in [0.717, 1.165) is 37.4 Å². The quantitative estimate of drug-likeness (QED) is 0.707. The first-order valence-corrected chi connectivity index (χ1v) is 6.34. The Hall–Kier alpha value is -1.06. The molecule has 0 aromatic heterocycles. The molecule has 0 aliphatic rings. The second-order valence-corrected chi connectivity index (χ2v) is 4.10. The summed E-state index contributed by atoms with van der Waals surface area (Å²) in [6.45, 7) is 6.28. The van der Waals surface area contributed by atoms with Gasteiger partial charge in [-0.15, -0.1) is 0 Å². The molecule has 3 heteroatoms. The molecule has 1 aromatic rings. The summed E-state index contributed by atoms with van der Waals surface area (Å²) < 4.78 is 11.0. The average molecular weight is 237 g/mol. The summed E-state index contributed by atoms with van der Waals surface area (Å²) in [6.07, 6.45) is 2.04.